The largest absolute Gasteiger partial charge is 0.485 e. The van der Waals surface area contributed by atoms with Crippen LogP contribution in [-0.2, 0) is 19.6 Å². The van der Waals surface area contributed by atoms with Gasteiger partial charge in [0, 0.05) is 0 Å². The van der Waals surface area contributed by atoms with Crippen LogP contribution in [0, 0.1) is 0 Å². The van der Waals surface area contributed by atoms with E-state index >= 15 is 0 Å². The molecule has 0 spiro atoms. The minimum absolute atomic E-state index is 0.0408. The fourth-order valence-corrected chi connectivity index (χ4v) is 2.83. The maximum atomic E-state index is 9.30. The highest BCUT2D eigenvalue weighted by molar-refractivity contribution is 7.11. The van der Waals surface area contributed by atoms with E-state index in [1.165, 1.54) is 11.3 Å². The maximum absolute atomic E-state index is 9.30. The van der Waals surface area contributed by atoms with E-state index in [-0.39, 0.29) is 6.61 Å². The van der Waals surface area contributed by atoms with Crippen molar-refractivity contribution in [2.24, 2.45) is 0 Å². The summed E-state index contributed by atoms with van der Waals surface area (Å²) in [6.45, 7) is 2.52. The number of halogens is 1. The molecular formula is C14H16ClNO2S. The van der Waals surface area contributed by atoms with Gasteiger partial charge in [0.05, 0.1) is 22.2 Å². The summed E-state index contributed by atoms with van der Waals surface area (Å²) < 4.78 is 5.65. The minimum atomic E-state index is 0.0408. The minimum Gasteiger partial charge on any atom is -0.485 e. The Morgan fingerprint density at radius 3 is 2.84 bits per heavy atom. The molecule has 0 aliphatic heterocycles. The highest BCUT2D eigenvalue weighted by atomic mass is 35.5. The second-order valence-electron chi connectivity index (χ2n) is 4.10. The maximum Gasteiger partial charge on any atom is 0.140 e. The van der Waals surface area contributed by atoms with Gasteiger partial charge in [-0.05, 0) is 18.6 Å². The van der Waals surface area contributed by atoms with E-state index in [1.54, 1.807) is 6.07 Å². The number of aliphatic hydroxyl groups is 1. The van der Waals surface area contributed by atoms with Crippen molar-refractivity contribution in [3.05, 3.63) is 44.9 Å². The predicted molar refractivity (Wildman–Crippen MR) is 77.8 cm³/mol. The van der Waals surface area contributed by atoms with Crippen molar-refractivity contribution >= 4 is 22.9 Å². The third-order valence-electron chi connectivity index (χ3n) is 2.64. The average molecular weight is 298 g/mol. The van der Waals surface area contributed by atoms with E-state index in [0.29, 0.717) is 17.4 Å². The van der Waals surface area contributed by atoms with Gasteiger partial charge in [0.15, 0.2) is 0 Å². The van der Waals surface area contributed by atoms with Crippen LogP contribution >= 0.6 is 22.9 Å². The molecule has 0 fully saturated rings. The van der Waals surface area contributed by atoms with Gasteiger partial charge in [0.2, 0.25) is 0 Å². The molecule has 102 valence electrons. The summed E-state index contributed by atoms with van der Waals surface area (Å²) in [5, 5.41) is 10.8. The first-order valence-corrected chi connectivity index (χ1v) is 7.39. The van der Waals surface area contributed by atoms with Crippen molar-refractivity contribution in [3.63, 3.8) is 0 Å². The van der Waals surface area contributed by atoms with E-state index in [0.717, 1.165) is 28.4 Å². The molecule has 0 aliphatic rings. The Morgan fingerprint density at radius 2 is 2.16 bits per heavy atom. The zero-order valence-corrected chi connectivity index (χ0v) is 12.3. The number of hydrogen-bond acceptors (Lipinski definition) is 4. The standard InChI is InChI=1S/C14H16ClNO2S/c1-2-5-11-13(8-17)19-14(16-11)9-18-12-7-4-3-6-10(12)15/h3-4,6-7,17H,2,5,8-9H2,1H3. The molecule has 2 aromatic rings. The lowest BCUT2D eigenvalue weighted by atomic mass is 10.2. The van der Waals surface area contributed by atoms with Gasteiger partial charge in [-0.15, -0.1) is 11.3 Å². The van der Waals surface area contributed by atoms with E-state index in [9.17, 15) is 5.11 Å². The average Bonchev–Trinajstić information content (AvgIpc) is 2.81. The number of para-hydroxylation sites is 1. The van der Waals surface area contributed by atoms with Gasteiger partial charge in [-0.25, -0.2) is 4.98 Å². The van der Waals surface area contributed by atoms with E-state index in [1.807, 2.05) is 18.2 Å². The molecule has 5 heteroatoms. The first kappa shape index (κ1) is 14.3. The van der Waals surface area contributed by atoms with Crippen LogP contribution in [-0.4, -0.2) is 10.1 Å². The summed E-state index contributed by atoms with van der Waals surface area (Å²) in [5.74, 6) is 0.655. The molecule has 1 aromatic heterocycles. The second kappa shape index (κ2) is 6.89. The monoisotopic (exact) mass is 297 g/mol. The highest BCUT2D eigenvalue weighted by Gasteiger charge is 2.10. The third-order valence-corrected chi connectivity index (χ3v) is 4.01. The Bertz CT molecular complexity index is 542. The summed E-state index contributed by atoms with van der Waals surface area (Å²) in [6, 6.07) is 7.36. The van der Waals surface area contributed by atoms with E-state index in [4.69, 9.17) is 16.3 Å². The van der Waals surface area contributed by atoms with E-state index < -0.39 is 0 Å². The molecule has 3 nitrogen and oxygen atoms in total. The molecule has 1 aromatic carbocycles. The van der Waals surface area contributed by atoms with Gasteiger partial charge in [-0.2, -0.15) is 0 Å². The predicted octanol–water partition coefficient (Wildman–Crippen LogP) is 3.82. The lowest BCUT2D eigenvalue weighted by Gasteiger charge is -2.05. The van der Waals surface area contributed by atoms with Gasteiger partial charge in [0.25, 0.3) is 0 Å². The van der Waals surface area contributed by atoms with Gasteiger partial charge in [0.1, 0.15) is 17.4 Å². The van der Waals surface area contributed by atoms with Crippen molar-refractivity contribution in [3.8, 4) is 5.75 Å². The van der Waals surface area contributed by atoms with Crippen LogP contribution in [0.15, 0.2) is 24.3 Å². The molecule has 1 heterocycles. The summed E-state index contributed by atoms with van der Waals surface area (Å²) >= 11 is 7.52. The Morgan fingerprint density at radius 1 is 1.37 bits per heavy atom. The van der Waals surface area contributed by atoms with Crippen molar-refractivity contribution in [1.29, 1.82) is 0 Å². The number of nitrogens with zero attached hydrogens (tertiary/aromatic N) is 1. The second-order valence-corrected chi connectivity index (χ2v) is 5.68. The van der Waals surface area contributed by atoms with Crippen LogP contribution in [0.4, 0.5) is 0 Å². The van der Waals surface area contributed by atoms with Crippen LogP contribution in [0.3, 0.4) is 0 Å². The van der Waals surface area contributed by atoms with Crippen LogP contribution in [0.2, 0.25) is 5.02 Å². The SMILES string of the molecule is CCCc1nc(COc2ccccc2Cl)sc1CO. The lowest BCUT2D eigenvalue weighted by Crippen LogP contribution is -1.96. The molecular weight excluding hydrogens is 282 g/mol. The summed E-state index contributed by atoms with van der Waals surface area (Å²) in [5.41, 5.74) is 0.979. The fraction of sp³-hybridized carbons (Fsp3) is 0.357. The van der Waals surface area contributed by atoms with Gasteiger partial charge >= 0.3 is 0 Å². The Kier molecular flexibility index (Phi) is 5.19. The molecule has 19 heavy (non-hydrogen) atoms. The Hall–Kier alpha value is -1.10. The Balaban J connectivity index is 2.05. The summed E-state index contributed by atoms with van der Waals surface area (Å²) in [6.07, 6.45) is 1.90. The molecule has 0 amide bonds. The van der Waals surface area contributed by atoms with Crippen LogP contribution in [0.1, 0.15) is 28.9 Å². The number of aromatic nitrogens is 1. The van der Waals surface area contributed by atoms with Crippen LogP contribution in [0.5, 0.6) is 5.75 Å². The number of benzene rings is 1. The number of aliphatic hydroxyl groups excluding tert-OH is 1. The normalized spacial score (nSPS) is 10.7. The topological polar surface area (TPSA) is 42.4 Å². The molecule has 0 saturated heterocycles. The quantitative estimate of drug-likeness (QED) is 0.881. The number of hydrogen-bond donors (Lipinski definition) is 1. The number of aryl methyl sites for hydroxylation is 1. The van der Waals surface area contributed by atoms with Gasteiger partial charge in [-0.1, -0.05) is 37.1 Å². The van der Waals surface area contributed by atoms with Crippen LogP contribution < -0.4 is 4.74 Å². The number of ether oxygens (including phenoxy) is 1. The molecule has 0 radical (unpaired) electrons. The summed E-state index contributed by atoms with van der Waals surface area (Å²) in [7, 11) is 0. The van der Waals surface area contributed by atoms with Crippen molar-refractivity contribution in [1.82, 2.24) is 4.98 Å². The summed E-state index contributed by atoms with van der Waals surface area (Å²) in [4.78, 5) is 5.44. The smallest absolute Gasteiger partial charge is 0.140 e. The van der Waals surface area contributed by atoms with Crippen molar-refractivity contribution in [2.45, 2.75) is 33.0 Å². The number of rotatable bonds is 6. The molecule has 1 N–H and O–H groups in total. The zero-order valence-electron chi connectivity index (χ0n) is 10.7. The third kappa shape index (κ3) is 3.69. The molecule has 0 saturated carbocycles. The Labute approximate surface area is 121 Å². The first-order chi connectivity index (χ1) is 9.24. The first-order valence-electron chi connectivity index (χ1n) is 6.20. The van der Waals surface area contributed by atoms with Gasteiger partial charge < -0.3 is 9.84 Å². The van der Waals surface area contributed by atoms with Crippen molar-refractivity contribution in [2.75, 3.05) is 0 Å². The zero-order chi connectivity index (χ0) is 13.7. The number of thiazole rings is 1. The molecule has 0 bridgehead atoms. The fourth-order valence-electron chi connectivity index (χ4n) is 1.76. The molecule has 0 atom stereocenters. The van der Waals surface area contributed by atoms with E-state index in [2.05, 4.69) is 11.9 Å². The van der Waals surface area contributed by atoms with Crippen LogP contribution in [0.25, 0.3) is 0 Å². The highest BCUT2D eigenvalue weighted by Crippen LogP contribution is 2.26. The van der Waals surface area contributed by atoms with Gasteiger partial charge in [-0.3, -0.25) is 0 Å². The molecule has 0 aliphatic carbocycles. The molecule has 0 unspecified atom stereocenters. The van der Waals surface area contributed by atoms with Crippen molar-refractivity contribution < 1.29 is 9.84 Å². The molecule has 2 rings (SSSR count). The lowest BCUT2D eigenvalue weighted by molar-refractivity contribution is 0.284.